The van der Waals surface area contributed by atoms with E-state index in [0.29, 0.717) is 0 Å². The smallest absolute Gasteiger partial charge is 0.191 e. The highest BCUT2D eigenvalue weighted by Crippen LogP contribution is 2.25. The van der Waals surface area contributed by atoms with E-state index < -0.39 is 0 Å². The zero-order chi connectivity index (χ0) is 16.1. The van der Waals surface area contributed by atoms with Crippen molar-refractivity contribution in [3.63, 3.8) is 0 Å². The summed E-state index contributed by atoms with van der Waals surface area (Å²) < 4.78 is 5.54. The van der Waals surface area contributed by atoms with E-state index >= 15 is 0 Å². The van der Waals surface area contributed by atoms with E-state index in [4.69, 9.17) is 4.74 Å². The monoisotopic (exact) mass is 330 g/mol. The predicted octanol–water partition coefficient (Wildman–Crippen LogP) is 2.29. The van der Waals surface area contributed by atoms with Crippen molar-refractivity contribution in [2.75, 3.05) is 20.2 Å². The van der Waals surface area contributed by atoms with Gasteiger partial charge in [-0.25, -0.2) is 4.98 Å². The highest BCUT2D eigenvalue weighted by atomic mass is 32.1. The first kappa shape index (κ1) is 15.8. The lowest BCUT2D eigenvalue weighted by atomic mass is 10.1. The summed E-state index contributed by atoms with van der Waals surface area (Å²) in [7, 11) is 1.79. The number of aromatic nitrogens is 1. The highest BCUT2D eigenvalue weighted by Gasteiger charge is 2.11. The van der Waals surface area contributed by atoms with Crippen LogP contribution >= 0.6 is 11.3 Å². The number of fused-ring (bicyclic) bond motifs is 1. The van der Waals surface area contributed by atoms with E-state index in [2.05, 4.69) is 38.8 Å². The van der Waals surface area contributed by atoms with E-state index in [0.717, 1.165) is 49.9 Å². The molecule has 1 aromatic carbocycles. The van der Waals surface area contributed by atoms with Gasteiger partial charge >= 0.3 is 0 Å². The van der Waals surface area contributed by atoms with Gasteiger partial charge < -0.3 is 15.4 Å². The lowest BCUT2D eigenvalue weighted by molar-refractivity contribution is 0.357. The van der Waals surface area contributed by atoms with Crippen LogP contribution in [0, 0.1) is 6.92 Å². The topological polar surface area (TPSA) is 58.5 Å². The number of rotatable bonds is 5. The van der Waals surface area contributed by atoms with Crippen molar-refractivity contribution in [2.24, 2.45) is 4.99 Å². The minimum absolute atomic E-state index is 0.756. The van der Waals surface area contributed by atoms with Gasteiger partial charge in [0.05, 0.1) is 24.4 Å². The van der Waals surface area contributed by atoms with Gasteiger partial charge in [0.15, 0.2) is 5.96 Å². The van der Waals surface area contributed by atoms with Crippen molar-refractivity contribution in [1.29, 1.82) is 0 Å². The van der Waals surface area contributed by atoms with E-state index in [1.165, 1.54) is 16.0 Å². The molecule has 1 aromatic heterocycles. The van der Waals surface area contributed by atoms with Gasteiger partial charge in [0.1, 0.15) is 5.75 Å². The average Bonchev–Trinajstić information content (AvgIpc) is 3.19. The summed E-state index contributed by atoms with van der Waals surface area (Å²) in [6.45, 7) is 4.44. The molecule has 2 aromatic rings. The number of benzene rings is 1. The van der Waals surface area contributed by atoms with Crippen molar-refractivity contribution in [1.82, 2.24) is 15.6 Å². The van der Waals surface area contributed by atoms with E-state index in [9.17, 15) is 0 Å². The number of aliphatic imine (C=N–C) groups is 1. The fourth-order valence-corrected chi connectivity index (χ4v) is 3.32. The molecule has 0 unspecified atom stereocenters. The second kappa shape index (κ2) is 7.46. The molecule has 3 rings (SSSR count). The molecule has 0 saturated heterocycles. The zero-order valence-corrected chi connectivity index (χ0v) is 14.4. The van der Waals surface area contributed by atoms with Crippen LogP contribution in [-0.4, -0.2) is 31.1 Å². The average molecular weight is 330 g/mol. The molecule has 0 radical (unpaired) electrons. The Morgan fingerprint density at radius 3 is 3.09 bits per heavy atom. The summed E-state index contributed by atoms with van der Waals surface area (Å²) in [5.74, 6) is 1.86. The molecule has 0 fully saturated rings. The number of nitrogens with one attached hydrogen (secondary N) is 2. The van der Waals surface area contributed by atoms with Gasteiger partial charge in [-0.2, -0.15) is 0 Å². The molecule has 2 heterocycles. The Morgan fingerprint density at radius 2 is 2.30 bits per heavy atom. The summed E-state index contributed by atoms with van der Waals surface area (Å²) in [6.07, 6.45) is 1.99. The van der Waals surface area contributed by atoms with Gasteiger partial charge in [0.25, 0.3) is 0 Å². The number of guanidine groups is 1. The molecule has 1 aliphatic heterocycles. The van der Waals surface area contributed by atoms with Crippen LogP contribution in [0.4, 0.5) is 0 Å². The molecule has 0 saturated carbocycles. The molecular formula is C17H22N4OS. The third-order valence-corrected chi connectivity index (χ3v) is 4.88. The lowest BCUT2D eigenvalue weighted by Crippen LogP contribution is -2.37. The fourth-order valence-electron chi connectivity index (χ4n) is 2.60. The zero-order valence-electron chi connectivity index (χ0n) is 13.6. The minimum atomic E-state index is 0.756. The quantitative estimate of drug-likeness (QED) is 0.652. The Labute approximate surface area is 140 Å². The largest absolute Gasteiger partial charge is 0.493 e. The van der Waals surface area contributed by atoms with E-state index in [1.807, 2.05) is 12.4 Å². The molecule has 1 aliphatic rings. The Bertz CT molecular complexity index is 696. The van der Waals surface area contributed by atoms with Gasteiger partial charge in [-0.1, -0.05) is 12.1 Å². The normalized spacial score (nSPS) is 13.6. The maximum atomic E-state index is 5.54. The number of hydrogen-bond donors (Lipinski definition) is 2. The first-order valence-electron chi connectivity index (χ1n) is 7.84. The summed E-state index contributed by atoms with van der Waals surface area (Å²) in [5.41, 5.74) is 5.61. The van der Waals surface area contributed by atoms with Crippen molar-refractivity contribution in [3.05, 3.63) is 45.4 Å². The van der Waals surface area contributed by atoms with Gasteiger partial charge in [0, 0.05) is 24.9 Å². The maximum absolute atomic E-state index is 5.54. The van der Waals surface area contributed by atoms with Crippen LogP contribution in [0.3, 0.4) is 0 Å². The molecule has 2 N–H and O–H groups in total. The molecular weight excluding hydrogens is 308 g/mol. The summed E-state index contributed by atoms with van der Waals surface area (Å²) in [5, 5.41) is 6.69. The van der Waals surface area contributed by atoms with Crippen LogP contribution in [0.1, 0.15) is 21.7 Å². The molecule has 0 bridgehead atoms. The first-order valence-corrected chi connectivity index (χ1v) is 8.72. The van der Waals surface area contributed by atoms with Crippen LogP contribution in [0.2, 0.25) is 0 Å². The molecule has 6 heteroatoms. The third kappa shape index (κ3) is 4.01. The Morgan fingerprint density at radius 1 is 1.39 bits per heavy atom. The van der Waals surface area contributed by atoms with Gasteiger partial charge in [-0.15, -0.1) is 11.3 Å². The molecule has 5 nitrogen and oxygen atoms in total. The molecule has 0 atom stereocenters. The van der Waals surface area contributed by atoms with Crippen molar-refractivity contribution in [2.45, 2.75) is 26.3 Å². The second-order valence-electron chi connectivity index (χ2n) is 5.50. The molecule has 0 spiro atoms. The third-order valence-electron chi connectivity index (χ3n) is 3.94. The van der Waals surface area contributed by atoms with Crippen molar-refractivity contribution >= 4 is 17.3 Å². The Kier molecular flexibility index (Phi) is 5.12. The number of nitrogens with zero attached hydrogens (tertiary/aromatic N) is 2. The predicted molar refractivity (Wildman–Crippen MR) is 94.4 cm³/mol. The van der Waals surface area contributed by atoms with E-state index in [-0.39, 0.29) is 0 Å². The SMILES string of the molecule is CN=C(NCCc1ccc2c(c1)CCO2)NCc1scnc1C. The van der Waals surface area contributed by atoms with Crippen molar-refractivity contribution in [3.8, 4) is 5.75 Å². The summed E-state index contributed by atoms with van der Waals surface area (Å²) in [6, 6.07) is 6.47. The van der Waals surface area contributed by atoms with Gasteiger partial charge in [-0.3, -0.25) is 4.99 Å². The van der Waals surface area contributed by atoms with Crippen LogP contribution in [0.15, 0.2) is 28.7 Å². The molecule has 0 amide bonds. The minimum Gasteiger partial charge on any atom is -0.493 e. The number of thiazole rings is 1. The number of ether oxygens (including phenoxy) is 1. The summed E-state index contributed by atoms with van der Waals surface area (Å²) in [4.78, 5) is 9.77. The van der Waals surface area contributed by atoms with Gasteiger partial charge in [-0.05, 0) is 30.5 Å². The van der Waals surface area contributed by atoms with Crippen LogP contribution in [0.25, 0.3) is 0 Å². The second-order valence-corrected chi connectivity index (χ2v) is 6.44. The Hall–Kier alpha value is -2.08. The Balaban J connectivity index is 1.46. The van der Waals surface area contributed by atoms with Crippen molar-refractivity contribution < 1.29 is 4.74 Å². The maximum Gasteiger partial charge on any atom is 0.191 e. The summed E-state index contributed by atoms with van der Waals surface area (Å²) >= 11 is 1.67. The molecule has 23 heavy (non-hydrogen) atoms. The van der Waals surface area contributed by atoms with Crippen LogP contribution in [0.5, 0.6) is 5.75 Å². The fraction of sp³-hybridized carbons (Fsp3) is 0.412. The highest BCUT2D eigenvalue weighted by molar-refractivity contribution is 7.09. The lowest BCUT2D eigenvalue weighted by Gasteiger charge is -2.11. The molecule has 0 aliphatic carbocycles. The number of aryl methyl sites for hydroxylation is 1. The molecule has 122 valence electrons. The first-order chi connectivity index (χ1) is 11.3. The standard InChI is InChI=1S/C17H22N4OS/c1-12-16(23-11-21-12)10-20-17(18-2)19-7-5-13-3-4-15-14(9-13)6-8-22-15/h3-4,9,11H,5-8,10H2,1-2H3,(H2,18,19,20). The van der Waals surface area contributed by atoms with E-state index in [1.54, 1.807) is 18.4 Å². The number of hydrogen-bond acceptors (Lipinski definition) is 4. The van der Waals surface area contributed by atoms with Crippen LogP contribution in [-0.2, 0) is 19.4 Å². The van der Waals surface area contributed by atoms with Crippen LogP contribution < -0.4 is 15.4 Å². The van der Waals surface area contributed by atoms with Gasteiger partial charge in [0.2, 0.25) is 0 Å².